The van der Waals surface area contributed by atoms with E-state index in [1.807, 2.05) is 32.0 Å². The van der Waals surface area contributed by atoms with Crippen LogP contribution in [0.5, 0.6) is 5.75 Å². The number of benzene rings is 1. The third kappa shape index (κ3) is 4.25. The van der Waals surface area contributed by atoms with Gasteiger partial charge in [-0.3, -0.25) is 0 Å². The average Bonchev–Trinajstić information content (AvgIpc) is 2.84. The number of aromatic nitrogens is 3. The third-order valence-corrected chi connectivity index (χ3v) is 2.72. The molecule has 0 bridgehead atoms. The number of rotatable bonds is 6. The second kappa shape index (κ2) is 6.31. The van der Waals surface area contributed by atoms with E-state index >= 15 is 0 Å². The molecule has 1 atom stereocenters. The van der Waals surface area contributed by atoms with Gasteiger partial charge in [-0.05, 0) is 42.0 Å². The molecule has 0 aliphatic rings. The van der Waals surface area contributed by atoms with Gasteiger partial charge in [0.1, 0.15) is 18.5 Å². The highest BCUT2D eigenvalue weighted by Crippen LogP contribution is 2.16. The average molecular weight is 292 g/mol. The van der Waals surface area contributed by atoms with Gasteiger partial charge < -0.3 is 20.0 Å². The van der Waals surface area contributed by atoms with Crippen molar-refractivity contribution in [2.45, 2.75) is 26.5 Å². The second-order valence-electron chi connectivity index (χ2n) is 4.81. The molecule has 0 saturated heterocycles. The molecule has 0 radical (unpaired) electrons. The summed E-state index contributed by atoms with van der Waals surface area (Å²) in [6.45, 7) is 4.07. The van der Waals surface area contributed by atoms with Crippen LogP contribution in [0, 0.1) is 24.0 Å². The molecule has 0 unspecified atom stereocenters. The first kappa shape index (κ1) is 14.9. The van der Waals surface area contributed by atoms with Crippen LogP contribution in [-0.2, 0) is 6.54 Å². The molecule has 2 rings (SSSR count). The van der Waals surface area contributed by atoms with E-state index in [4.69, 9.17) is 4.74 Å². The van der Waals surface area contributed by atoms with Crippen molar-refractivity contribution in [1.82, 2.24) is 14.8 Å². The first-order chi connectivity index (χ1) is 9.94. The molecule has 21 heavy (non-hydrogen) atoms. The first-order valence-corrected chi connectivity index (χ1v) is 6.37. The maximum atomic E-state index is 10.5. The lowest BCUT2D eigenvalue weighted by Crippen LogP contribution is -2.24. The number of aliphatic hydroxyl groups is 1. The van der Waals surface area contributed by atoms with Gasteiger partial charge in [-0.1, -0.05) is 11.1 Å². The molecule has 1 aromatic carbocycles. The number of hydrogen-bond donors (Lipinski definition) is 1. The van der Waals surface area contributed by atoms with Crippen LogP contribution in [-0.4, -0.2) is 37.5 Å². The molecule has 1 N–H and O–H groups in total. The molecule has 8 nitrogen and oxygen atoms in total. The Bertz CT molecular complexity index is 621. The van der Waals surface area contributed by atoms with Gasteiger partial charge in [-0.25, -0.2) is 0 Å². The monoisotopic (exact) mass is 292 g/mol. The minimum absolute atomic E-state index is 0.0660. The van der Waals surface area contributed by atoms with Gasteiger partial charge in [-0.15, -0.1) is 0 Å². The highest BCUT2D eigenvalue weighted by molar-refractivity contribution is 5.32. The first-order valence-electron chi connectivity index (χ1n) is 6.37. The van der Waals surface area contributed by atoms with E-state index in [9.17, 15) is 15.2 Å². The maximum Gasteiger partial charge on any atom is 0.490 e. The topological polar surface area (TPSA) is 103 Å². The summed E-state index contributed by atoms with van der Waals surface area (Å²) >= 11 is 0. The predicted octanol–water partition coefficient (Wildman–Crippen LogP) is 1.24. The fourth-order valence-corrected chi connectivity index (χ4v) is 1.93. The summed E-state index contributed by atoms with van der Waals surface area (Å²) in [5.41, 5.74) is 2.15. The summed E-state index contributed by atoms with van der Waals surface area (Å²) in [5, 5.41) is 23.9. The lowest BCUT2D eigenvalue weighted by Gasteiger charge is -2.12. The number of ether oxygens (including phenoxy) is 1. The van der Waals surface area contributed by atoms with Gasteiger partial charge in [0.2, 0.25) is 6.33 Å². The number of aryl methyl sites for hydroxylation is 2. The van der Waals surface area contributed by atoms with Gasteiger partial charge in [0.15, 0.2) is 0 Å². The molecule has 1 heterocycles. The zero-order valence-electron chi connectivity index (χ0n) is 11.8. The predicted molar refractivity (Wildman–Crippen MR) is 74.1 cm³/mol. The van der Waals surface area contributed by atoms with Crippen LogP contribution in [0.3, 0.4) is 0 Å². The van der Waals surface area contributed by atoms with Gasteiger partial charge in [0.05, 0.1) is 6.54 Å². The lowest BCUT2D eigenvalue weighted by atomic mass is 10.1. The molecule has 1 aromatic heterocycles. The maximum absolute atomic E-state index is 10.5. The summed E-state index contributed by atoms with van der Waals surface area (Å²) in [4.78, 5) is 13.3. The van der Waals surface area contributed by atoms with E-state index in [1.165, 1.54) is 11.0 Å². The van der Waals surface area contributed by atoms with E-state index < -0.39 is 17.0 Å². The molecule has 8 heteroatoms. The Hall–Kier alpha value is -2.48. The standard InChI is InChI=1S/C13H16N4O4/c1-9-3-10(2)5-12(4-9)21-7-11(18)6-16-8-14-13(15-16)17(19)20/h3-5,8,11,18H,6-7H2,1-2H3/t11-/m0/s1. The number of aliphatic hydroxyl groups excluding tert-OH is 1. The summed E-state index contributed by atoms with van der Waals surface area (Å²) in [5.74, 6) is 0.188. The Morgan fingerprint density at radius 2 is 2.05 bits per heavy atom. The summed E-state index contributed by atoms with van der Waals surface area (Å²) in [7, 11) is 0. The van der Waals surface area contributed by atoms with Crippen LogP contribution in [0.4, 0.5) is 5.95 Å². The van der Waals surface area contributed by atoms with Crippen LogP contribution < -0.4 is 4.74 Å². The number of nitro groups is 1. The Morgan fingerprint density at radius 3 is 2.62 bits per heavy atom. The third-order valence-electron chi connectivity index (χ3n) is 2.72. The summed E-state index contributed by atoms with van der Waals surface area (Å²) < 4.78 is 6.73. The highest BCUT2D eigenvalue weighted by Gasteiger charge is 2.16. The number of nitrogens with zero attached hydrogens (tertiary/aromatic N) is 4. The van der Waals surface area contributed by atoms with Gasteiger partial charge in [-0.2, -0.15) is 4.68 Å². The molecule has 0 saturated carbocycles. The van der Waals surface area contributed by atoms with E-state index in [-0.39, 0.29) is 13.2 Å². The van der Waals surface area contributed by atoms with E-state index in [1.54, 1.807) is 0 Å². The van der Waals surface area contributed by atoms with Crippen molar-refractivity contribution < 1.29 is 14.8 Å². The molecule has 0 fully saturated rings. The smallest absolute Gasteiger partial charge is 0.490 e. The van der Waals surface area contributed by atoms with Crippen LogP contribution in [0.25, 0.3) is 0 Å². The molecular weight excluding hydrogens is 276 g/mol. The lowest BCUT2D eigenvalue weighted by molar-refractivity contribution is -0.394. The zero-order valence-corrected chi connectivity index (χ0v) is 11.8. The van der Waals surface area contributed by atoms with Gasteiger partial charge in [0, 0.05) is 5.10 Å². The van der Waals surface area contributed by atoms with Crippen molar-refractivity contribution in [1.29, 1.82) is 0 Å². The number of hydrogen-bond acceptors (Lipinski definition) is 6. The van der Waals surface area contributed by atoms with Crippen molar-refractivity contribution in [2.75, 3.05) is 6.61 Å². The largest absolute Gasteiger partial charge is 0.491 e. The van der Waals surface area contributed by atoms with Crippen LogP contribution in [0.1, 0.15) is 11.1 Å². The fourth-order valence-electron chi connectivity index (χ4n) is 1.93. The minimum atomic E-state index is -0.841. The molecule has 0 amide bonds. The Morgan fingerprint density at radius 1 is 1.38 bits per heavy atom. The Balaban J connectivity index is 1.89. The second-order valence-corrected chi connectivity index (χ2v) is 4.81. The molecular formula is C13H16N4O4. The normalized spacial score (nSPS) is 12.1. The zero-order chi connectivity index (χ0) is 15.4. The molecule has 2 aromatic rings. The molecule has 0 aliphatic heterocycles. The van der Waals surface area contributed by atoms with Crippen molar-refractivity contribution >= 4 is 5.95 Å². The van der Waals surface area contributed by atoms with E-state index in [0.717, 1.165) is 11.1 Å². The van der Waals surface area contributed by atoms with E-state index in [0.29, 0.717) is 5.75 Å². The molecule has 0 aliphatic carbocycles. The summed E-state index contributed by atoms with van der Waals surface area (Å²) in [6.07, 6.45) is 0.366. The van der Waals surface area contributed by atoms with Gasteiger partial charge in [0.25, 0.3) is 0 Å². The SMILES string of the molecule is Cc1cc(C)cc(OC[C@@H](O)Cn2cnc([N+](=O)[O-])n2)c1. The Labute approximate surface area is 121 Å². The van der Waals surface area contributed by atoms with Crippen LogP contribution >= 0.6 is 0 Å². The summed E-state index contributed by atoms with van der Waals surface area (Å²) in [6, 6.07) is 5.78. The fraction of sp³-hybridized carbons (Fsp3) is 0.385. The minimum Gasteiger partial charge on any atom is -0.491 e. The van der Waals surface area contributed by atoms with Crippen molar-refractivity contribution in [3.63, 3.8) is 0 Å². The van der Waals surface area contributed by atoms with Crippen molar-refractivity contribution in [3.05, 3.63) is 45.8 Å². The Kier molecular flexibility index (Phi) is 4.49. The quantitative estimate of drug-likeness (QED) is 0.634. The molecule has 112 valence electrons. The van der Waals surface area contributed by atoms with Gasteiger partial charge >= 0.3 is 5.95 Å². The van der Waals surface area contributed by atoms with Crippen molar-refractivity contribution in [2.24, 2.45) is 0 Å². The highest BCUT2D eigenvalue weighted by atomic mass is 16.6. The van der Waals surface area contributed by atoms with Crippen LogP contribution in [0.15, 0.2) is 24.5 Å². The van der Waals surface area contributed by atoms with Crippen molar-refractivity contribution in [3.8, 4) is 5.75 Å². The van der Waals surface area contributed by atoms with Crippen LogP contribution in [0.2, 0.25) is 0 Å². The molecule has 0 spiro atoms. The van der Waals surface area contributed by atoms with E-state index in [2.05, 4.69) is 10.1 Å².